The summed E-state index contributed by atoms with van der Waals surface area (Å²) >= 11 is 0. The third-order valence-electron chi connectivity index (χ3n) is 3.02. The minimum absolute atomic E-state index is 0.0388. The highest BCUT2D eigenvalue weighted by molar-refractivity contribution is 5.95. The molecule has 1 aliphatic rings. The fourth-order valence-corrected chi connectivity index (χ4v) is 1.94. The standard InChI is InChI=1S/C17H21FN2O5/c1-17(2,3)25-16(22)19-8-11(7-18)9-23-12-4-5-13-14(6-12)24-10-15(21)20-13/h4-7H,8-10H2,1-3H3,(H,19,22)(H,20,21)/b11-7-. The van der Waals surface area contributed by atoms with Gasteiger partial charge >= 0.3 is 6.09 Å². The van der Waals surface area contributed by atoms with E-state index in [1.165, 1.54) is 0 Å². The second kappa shape index (κ2) is 7.87. The Bertz CT molecular complexity index is 682. The summed E-state index contributed by atoms with van der Waals surface area (Å²) in [5.41, 5.74) is 0.160. The van der Waals surface area contributed by atoms with Crippen molar-refractivity contribution in [2.24, 2.45) is 0 Å². The molecule has 0 unspecified atom stereocenters. The number of hydrogen-bond donors (Lipinski definition) is 2. The van der Waals surface area contributed by atoms with E-state index in [4.69, 9.17) is 14.2 Å². The van der Waals surface area contributed by atoms with E-state index in [1.807, 2.05) is 0 Å². The first-order chi connectivity index (χ1) is 11.8. The number of benzene rings is 1. The van der Waals surface area contributed by atoms with Gasteiger partial charge in [-0.05, 0) is 32.9 Å². The number of rotatable bonds is 5. The second-order valence-corrected chi connectivity index (χ2v) is 6.41. The minimum Gasteiger partial charge on any atom is -0.489 e. The summed E-state index contributed by atoms with van der Waals surface area (Å²) in [5, 5.41) is 5.12. The highest BCUT2D eigenvalue weighted by Gasteiger charge is 2.17. The van der Waals surface area contributed by atoms with Crippen molar-refractivity contribution in [1.29, 1.82) is 0 Å². The van der Waals surface area contributed by atoms with Crippen molar-refractivity contribution < 1.29 is 28.2 Å². The van der Waals surface area contributed by atoms with Crippen LogP contribution in [-0.2, 0) is 9.53 Å². The molecule has 0 aromatic heterocycles. The first-order valence-corrected chi connectivity index (χ1v) is 7.71. The lowest BCUT2D eigenvalue weighted by atomic mass is 10.2. The molecule has 0 bridgehead atoms. The second-order valence-electron chi connectivity index (χ2n) is 6.41. The van der Waals surface area contributed by atoms with Gasteiger partial charge in [-0.2, -0.15) is 0 Å². The van der Waals surface area contributed by atoms with Gasteiger partial charge in [-0.3, -0.25) is 4.79 Å². The number of fused-ring (bicyclic) bond motifs is 1. The molecule has 1 aromatic carbocycles. The molecule has 0 fully saturated rings. The molecule has 0 aliphatic carbocycles. The summed E-state index contributed by atoms with van der Waals surface area (Å²) in [5.74, 6) is 0.707. The molecule has 0 saturated heterocycles. The van der Waals surface area contributed by atoms with Crippen LogP contribution in [0.4, 0.5) is 14.9 Å². The predicted octanol–water partition coefficient (Wildman–Crippen LogP) is 2.77. The molecule has 0 atom stereocenters. The van der Waals surface area contributed by atoms with Gasteiger partial charge in [0.25, 0.3) is 5.91 Å². The van der Waals surface area contributed by atoms with Crippen molar-refractivity contribution in [1.82, 2.24) is 5.32 Å². The van der Waals surface area contributed by atoms with Crippen LogP contribution in [0, 0.1) is 0 Å². The van der Waals surface area contributed by atoms with Crippen LogP contribution in [0.15, 0.2) is 30.1 Å². The van der Waals surface area contributed by atoms with Crippen molar-refractivity contribution in [3.05, 3.63) is 30.1 Å². The van der Waals surface area contributed by atoms with Gasteiger partial charge in [0.15, 0.2) is 6.61 Å². The van der Waals surface area contributed by atoms with Crippen LogP contribution >= 0.6 is 0 Å². The number of amides is 2. The van der Waals surface area contributed by atoms with E-state index in [0.717, 1.165) is 0 Å². The molecule has 2 N–H and O–H groups in total. The maximum absolute atomic E-state index is 13.0. The molecule has 0 spiro atoms. The van der Waals surface area contributed by atoms with Crippen LogP contribution in [0.25, 0.3) is 0 Å². The van der Waals surface area contributed by atoms with Crippen LogP contribution in [0.1, 0.15) is 20.8 Å². The number of anilines is 1. The van der Waals surface area contributed by atoms with E-state index in [-0.39, 0.29) is 31.2 Å². The molecule has 0 radical (unpaired) electrons. The third-order valence-corrected chi connectivity index (χ3v) is 3.02. The van der Waals surface area contributed by atoms with Gasteiger partial charge in [0.1, 0.15) is 23.7 Å². The van der Waals surface area contributed by atoms with Crippen molar-refractivity contribution in [2.75, 3.05) is 25.1 Å². The normalized spacial score (nSPS) is 14.1. The van der Waals surface area contributed by atoms with Crippen LogP contribution in [0.3, 0.4) is 0 Å². The van der Waals surface area contributed by atoms with Gasteiger partial charge in [-0.25, -0.2) is 9.18 Å². The van der Waals surface area contributed by atoms with Crippen LogP contribution in [-0.4, -0.2) is 37.4 Å². The molecule has 2 rings (SSSR count). The minimum atomic E-state index is -0.634. The Labute approximate surface area is 145 Å². The van der Waals surface area contributed by atoms with Crippen LogP contribution in [0.2, 0.25) is 0 Å². The average molecular weight is 352 g/mol. The zero-order valence-electron chi connectivity index (χ0n) is 14.3. The van der Waals surface area contributed by atoms with Crippen molar-refractivity contribution in [3.8, 4) is 11.5 Å². The third kappa shape index (κ3) is 5.98. The zero-order chi connectivity index (χ0) is 18.4. The molecule has 1 heterocycles. The maximum Gasteiger partial charge on any atom is 0.407 e. The first kappa shape index (κ1) is 18.6. The highest BCUT2D eigenvalue weighted by Crippen LogP contribution is 2.31. The molecule has 0 saturated carbocycles. The number of ether oxygens (including phenoxy) is 3. The van der Waals surface area contributed by atoms with Crippen LogP contribution < -0.4 is 20.1 Å². The van der Waals surface area contributed by atoms with Crippen LogP contribution in [0.5, 0.6) is 11.5 Å². The molecule has 1 aromatic rings. The summed E-state index contributed by atoms with van der Waals surface area (Å²) in [6.45, 7) is 5.05. The molecule has 136 valence electrons. The summed E-state index contributed by atoms with van der Waals surface area (Å²) in [6, 6.07) is 4.87. The Hall–Kier alpha value is -2.77. The number of hydrogen-bond acceptors (Lipinski definition) is 5. The molecular formula is C17H21FN2O5. The van der Waals surface area contributed by atoms with Gasteiger partial charge in [-0.15, -0.1) is 0 Å². The highest BCUT2D eigenvalue weighted by atomic mass is 19.1. The topological polar surface area (TPSA) is 85.9 Å². The zero-order valence-corrected chi connectivity index (χ0v) is 14.3. The van der Waals surface area contributed by atoms with Crippen molar-refractivity contribution in [2.45, 2.75) is 26.4 Å². The summed E-state index contributed by atoms with van der Waals surface area (Å²) in [4.78, 5) is 22.8. The number of carbonyl (C=O) groups excluding carboxylic acids is 2. The Morgan fingerprint density at radius 1 is 1.44 bits per heavy atom. The Balaban J connectivity index is 1.85. The first-order valence-electron chi connectivity index (χ1n) is 7.71. The van der Waals surface area contributed by atoms with Gasteiger partial charge in [0.05, 0.1) is 12.0 Å². The summed E-state index contributed by atoms with van der Waals surface area (Å²) in [6.07, 6.45) is -0.253. The quantitative estimate of drug-likeness (QED) is 0.851. The molecule has 7 nitrogen and oxygen atoms in total. The lowest BCUT2D eigenvalue weighted by molar-refractivity contribution is -0.118. The van der Waals surface area contributed by atoms with E-state index in [2.05, 4.69) is 10.6 Å². The van der Waals surface area contributed by atoms with Crippen molar-refractivity contribution >= 4 is 17.7 Å². The molecular weight excluding hydrogens is 331 g/mol. The molecule has 8 heteroatoms. The molecule has 25 heavy (non-hydrogen) atoms. The lowest BCUT2D eigenvalue weighted by Gasteiger charge is -2.20. The van der Waals surface area contributed by atoms with E-state index < -0.39 is 11.7 Å². The summed E-state index contributed by atoms with van der Waals surface area (Å²) in [7, 11) is 0. The number of carbonyl (C=O) groups is 2. The summed E-state index contributed by atoms with van der Waals surface area (Å²) < 4.78 is 28.8. The molecule has 1 aliphatic heterocycles. The maximum atomic E-state index is 13.0. The number of nitrogens with one attached hydrogen (secondary N) is 2. The monoisotopic (exact) mass is 352 g/mol. The van der Waals surface area contributed by atoms with E-state index in [1.54, 1.807) is 39.0 Å². The van der Waals surface area contributed by atoms with E-state index in [0.29, 0.717) is 23.5 Å². The van der Waals surface area contributed by atoms with Gasteiger partial charge in [0.2, 0.25) is 0 Å². The fourth-order valence-electron chi connectivity index (χ4n) is 1.94. The Morgan fingerprint density at radius 3 is 2.88 bits per heavy atom. The van der Waals surface area contributed by atoms with Gasteiger partial charge < -0.3 is 24.8 Å². The van der Waals surface area contributed by atoms with E-state index >= 15 is 0 Å². The smallest absolute Gasteiger partial charge is 0.407 e. The number of alkyl carbamates (subject to hydrolysis) is 1. The van der Waals surface area contributed by atoms with Gasteiger partial charge in [0, 0.05) is 18.2 Å². The molecule has 2 amide bonds. The Morgan fingerprint density at radius 2 is 2.20 bits per heavy atom. The van der Waals surface area contributed by atoms with Gasteiger partial charge in [-0.1, -0.05) is 0 Å². The largest absolute Gasteiger partial charge is 0.489 e. The fraction of sp³-hybridized carbons (Fsp3) is 0.412. The van der Waals surface area contributed by atoms with Crippen molar-refractivity contribution in [3.63, 3.8) is 0 Å². The number of halogens is 1. The SMILES string of the molecule is CC(C)(C)OC(=O)NC/C(=C/F)COc1ccc2c(c1)OCC(=O)N2. The Kier molecular flexibility index (Phi) is 5.84. The predicted molar refractivity (Wildman–Crippen MR) is 89.5 cm³/mol. The average Bonchev–Trinajstić information content (AvgIpc) is 2.53. The van der Waals surface area contributed by atoms with E-state index in [9.17, 15) is 14.0 Å². The lowest BCUT2D eigenvalue weighted by Crippen LogP contribution is -2.34.